The highest BCUT2D eigenvalue weighted by Crippen LogP contribution is 2.27. The predicted molar refractivity (Wildman–Crippen MR) is 122 cm³/mol. The van der Waals surface area contributed by atoms with Gasteiger partial charge in [-0.1, -0.05) is 6.08 Å². The lowest BCUT2D eigenvalue weighted by Gasteiger charge is -2.12. The number of aromatic nitrogens is 2. The third kappa shape index (κ3) is 6.84. The first-order valence-corrected chi connectivity index (χ1v) is 9.73. The highest BCUT2D eigenvalue weighted by molar-refractivity contribution is 5.87. The first kappa shape index (κ1) is 23.4. The number of rotatable bonds is 9. The van der Waals surface area contributed by atoms with Gasteiger partial charge in [0.1, 0.15) is 0 Å². The van der Waals surface area contributed by atoms with E-state index in [9.17, 15) is 9.90 Å². The zero-order valence-electron chi connectivity index (χ0n) is 18.1. The number of carbonyl (C=O) groups excluding carboxylic acids is 1. The maximum Gasteiger partial charge on any atom is 0.258 e. The minimum Gasteiger partial charge on any atom is -0.503 e. The Bertz CT molecular complexity index is 1010. The van der Waals surface area contributed by atoms with Gasteiger partial charge in [0.25, 0.3) is 5.91 Å². The molecule has 0 atom stereocenters. The van der Waals surface area contributed by atoms with Gasteiger partial charge in [-0.2, -0.15) is 0 Å². The van der Waals surface area contributed by atoms with Crippen LogP contribution in [0.25, 0.3) is 5.57 Å². The molecule has 9 nitrogen and oxygen atoms in total. The van der Waals surface area contributed by atoms with Crippen LogP contribution in [0.5, 0.6) is 5.75 Å². The highest BCUT2D eigenvalue weighted by atomic mass is 16.5. The molecule has 2 rings (SSSR count). The van der Waals surface area contributed by atoms with E-state index in [0.29, 0.717) is 34.1 Å². The van der Waals surface area contributed by atoms with Crippen molar-refractivity contribution in [3.63, 3.8) is 0 Å². The number of amides is 1. The first-order valence-electron chi connectivity index (χ1n) is 9.73. The molecule has 2 aromatic rings. The van der Waals surface area contributed by atoms with Crippen molar-refractivity contribution in [1.82, 2.24) is 15.3 Å². The molecule has 164 valence electrons. The number of nitrogens with one attached hydrogen (secondary N) is 3. The quantitative estimate of drug-likeness (QED) is 0.179. The Morgan fingerprint density at radius 1 is 1.39 bits per heavy atom. The maximum atomic E-state index is 11.7. The van der Waals surface area contributed by atoms with E-state index in [2.05, 4.69) is 20.6 Å². The SMILES string of the molecule is C/C=C(\C=C(/C)OCC(=O)NC(C)C)c1ncc(O)c(Nc2ccc(N)c(C=N)c2)n1. The van der Waals surface area contributed by atoms with E-state index in [-0.39, 0.29) is 30.1 Å². The van der Waals surface area contributed by atoms with Crippen LogP contribution in [-0.4, -0.2) is 39.8 Å². The van der Waals surface area contributed by atoms with Gasteiger partial charge in [-0.25, -0.2) is 9.97 Å². The van der Waals surface area contributed by atoms with Crippen LogP contribution in [0, 0.1) is 5.41 Å². The van der Waals surface area contributed by atoms with Crippen molar-refractivity contribution in [1.29, 1.82) is 5.41 Å². The number of hydrogen-bond donors (Lipinski definition) is 5. The molecule has 1 aromatic carbocycles. The molecule has 0 aliphatic rings. The molecule has 1 heterocycles. The Morgan fingerprint density at radius 3 is 2.77 bits per heavy atom. The van der Waals surface area contributed by atoms with Crippen LogP contribution < -0.4 is 16.4 Å². The number of allylic oxidation sites excluding steroid dienone is 4. The minimum absolute atomic E-state index is 0.0407. The lowest BCUT2D eigenvalue weighted by Crippen LogP contribution is -2.33. The third-order valence-electron chi connectivity index (χ3n) is 4.08. The number of carbonyl (C=O) groups is 1. The molecule has 9 heteroatoms. The fourth-order valence-corrected chi connectivity index (χ4v) is 2.60. The standard InChI is InChI=1S/C22H28N6O3/c1-5-15(8-14(4)31-12-20(30)26-13(2)3)21-25-11-19(29)22(28-21)27-17-6-7-18(24)16(9-17)10-23/h5-11,13,23,29H,12,24H2,1-4H3,(H,26,30)(H,25,27,28)/b14-8+,15-5+,23-10?. The van der Waals surface area contributed by atoms with Crippen molar-refractivity contribution in [2.75, 3.05) is 17.7 Å². The number of ether oxygens (including phenoxy) is 1. The van der Waals surface area contributed by atoms with Gasteiger partial charge in [0.15, 0.2) is 24.0 Å². The van der Waals surface area contributed by atoms with E-state index in [4.69, 9.17) is 15.9 Å². The zero-order chi connectivity index (χ0) is 23.0. The molecule has 0 spiro atoms. The van der Waals surface area contributed by atoms with E-state index < -0.39 is 0 Å². The van der Waals surface area contributed by atoms with Crippen molar-refractivity contribution >= 4 is 34.9 Å². The van der Waals surface area contributed by atoms with Crippen molar-refractivity contribution in [3.8, 4) is 5.75 Å². The summed E-state index contributed by atoms with van der Waals surface area (Å²) in [6.07, 6.45) is 5.96. The van der Waals surface area contributed by atoms with Crippen LogP contribution in [0.4, 0.5) is 17.2 Å². The van der Waals surface area contributed by atoms with Gasteiger partial charge in [0.2, 0.25) is 0 Å². The number of nitrogen functional groups attached to an aromatic ring is 1. The zero-order valence-corrected chi connectivity index (χ0v) is 18.1. The molecular weight excluding hydrogens is 396 g/mol. The van der Waals surface area contributed by atoms with Gasteiger partial charge in [0.05, 0.1) is 12.0 Å². The molecule has 0 bridgehead atoms. The Kier molecular flexibility index (Phi) is 8.13. The van der Waals surface area contributed by atoms with Crippen molar-refractivity contribution in [2.45, 2.75) is 33.7 Å². The van der Waals surface area contributed by atoms with Gasteiger partial charge in [0, 0.05) is 34.8 Å². The average molecular weight is 425 g/mol. The van der Waals surface area contributed by atoms with E-state index in [1.54, 1.807) is 37.3 Å². The summed E-state index contributed by atoms with van der Waals surface area (Å²) in [5.74, 6) is 0.750. The molecule has 0 saturated heterocycles. The normalized spacial score (nSPS) is 11.9. The molecule has 0 fully saturated rings. The summed E-state index contributed by atoms with van der Waals surface area (Å²) in [4.78, 5) is 20.3. The molecule has 1 amide bonds. The monoisotopic (exact) mass is 424 g/mol. The average Bonchev–Trinajstić information content (AvgIpc) is 2.73. The maximum absolute atomic E-state index is 11.7. The largest absolute Gasteiger partial charge is 0.503 e. The Labute approximate surface area is 181 Å². The van der Waals surface area contributed by atoms with Crippen LogP contribution in [0.1, 0.15) is 39.1 Å². The van der Waals surface area contributed by atoms with E-state index >= 15 is 0 Å². The first-order chi connectivity index (χ1) is 14.7. The predicted octanol–water partition coefficient (Wildman–Crippen LogP) is 3.35. The summed E-state index contributed by atoms with van der Waals surface area (Å²) in [6.45, 7) is 7.22. The van der Waals surface area contributed by atoms with Gasteiger partial charge in [-0.3, -0.25) is 4.79 Å². The number of benzene rings is 1. The topological polar surface area (TPSA) is 146 Å². The van der Waals surface area contributed by atoms with Gasteiger partial charge in [-0.05, 0) is 52.0 Å². The fraction of sp³-hybridized carbons (Fsp3) is 0.273. The molecular formula is C22H28N6O3. The molecule has 0 aliphatic carbocycles. The van der Waals surface area contributed by atoms with Gasteiger partial charge in [-0.15, -0.1) is 0 Å². The van der Waals surface area contributed by atoms with E-state index in [1.165, 1.54) is 6.20 Å². The van der Waals surface area contributed by atoms with Crippen molar-refractivity contribution in [3.05, 3.63) is 53.7 Å². The van der Waals surface area contributed by atoms with Crippen molar-refractivity contribution in [2.24, 2.45) is 0 Å². The third-order valence-corrected chi connectivity index (χ3v) is 4.08. The van der Waals surface area contributed by atoms with Gasteiger partial charge >= 0.3 is 0 Å². The second-order valence-corrected chi connectivity index (χ2v) is 7.05. The van der Waals surface area contributed by atoms with Gasteiger partial charge < -0.3 is 31.6 Å². The summed E-state index contributed by atoms with van der Waals surface area (Å²) in [7, 11) is 0. The van der Waals surface area contributed by atoms with Crippen LogP contribution >= 0.6 is 0 Å². The van der Waals surface area contributed by atoms with Crippen LogP contribution in [0.3, 0.4) is 0 Å². The van der Waals surface area contributed by atoms with Crippen molar-refractivity contribution < 1.29 is 14.6 Å². The number of nitrogens with two attached hydrogens (primary N) is 1. The Hall–Kier alpha value is -3.88. The number of aromatic hydroxyl groups is 1. The Balaban J connectivity index is 2.20. The van der Waals surface area contributed by atoms with E-state index in [0.717, 1.165) is 6.21 Å². The molecule has 6 N–H and O–H groups in total. The lowest BCUT2D eigenvalue weighted by molar-refractivity contribution is -0.124. The summed E-state index contributed by atoms with van der Waals surface area (Å²) < 4.78 is 5.50. The highest BCUT2D eigenvalue weighted by Gasteiger charge is 2.11. The second-order valence-electron chi connectivity index (χ2n) is 7.05. The Morgan fingerprint density at radius 2 is 2.13 bits per heavy atom. The summed E-state index contributed by atoms with van der Waals surface area (Å²) in [5.41, 5.74) is 8.11. The van der Waals surface area contributed by atoms with Crippen LogP contribution in [0.15, 0.2) is 42.3 Å². The fourth-order valence-electron chi connectivity index (χ4n) is 2.60. The second kappa shape index (κ2) is 10.8. The molecule has 31 heavy (non-hydrogen) atoms. The number of nitrogens with zero attached hydrogens (tertiary/aromatic N) is 2. The molecule has 0 radical (unpaired) electrons. The lowest BCUT2D eigenvalue weighted by atomic mass is 10.1. The minimum atomic E-state index is -0.204. The van der Waals surface area contributed by atoms with Crippen LogP contribution in [0.2, 0.25) is 0 Å². The van der Waals surface area contributed by atoms with E-state index in [1.807, 2.05) is 20.8 Å². The van der Waals surface area contributed by atoms with Crippen LogP contribution in [-0.2, 0) is 9.53 Å². The molecule has 1 aromatic heterocycles. The summed E-state index contributed by atoms with van der Waals surface area (Å²) in [6, 6.07) is 5.11. The number of hydrogen-bond acceptors (Lipinski definition) is 8. The molecule has 0 aliphatic heterocycles. The summed E-state index contributed by atoms with van der Waals surface area (Å²) >= 11 is 0. The number of anilines is 3. The summed E-state index contributed by atoms with van der Waals surface area (Å²) in [5, 5.41) is 23.4. The smallest absolute Gasteiger partial charge is 0.258 e. The molecule has 0 saturated carbocycles. The molecule has 0 unspecified atom stereocenters.